The molecule has 63 valence electrons. The van der Waals surface area contributed by atoms with Gasteiger partial charge in [0.2, 0.25) is 0 Å². The van der Waals surface area contributed by atoms with Gasteiger partial charge in [-0.15, -0.1) is 0 Å². The van der Waals surface area contributed by atoms with Gasteiger partial charge in [-0.2, -0.15) is 0 Å². The Morgan fingerprint density at radius 2 is 1.91 bits per heavy atom. The van der Waals surface area contributed by atoms with Crippen LogP contribution < -0.4 is 0 Å². The number of amides is 1. The van der Waals surface area contributed by atoms with Crippen LogP contribution in [0.15, 0.2) is 0 Å². The van der Waals surface area contributed by atoms with Crippen LogP contribution >= 0.6 is 36.1 Å². The number of thiocarbonyl (C=S) groups is 1. The van der Waals surface area contributed by atoms with Crippen LogP contribution in [0.5, 0.6) is 0 Å². The third-order valence-corrected chi connectivity index (χ3v) is 2.87. The molecule has 1 amide bonds. The Morgan fingerprint density at radius 1 is 1.45 bits per heavy atom. The zero-order valence-electron chi connectivity index (χ0n) is 6.49. The molecule has 0 atom stereocenters. The first-order valence-electron chi connectivity index (χ1n) is 3.24. The Labute approximate surface area is 81.4 Å². The van der Waals surface area contributed by atoms with Crippen molar-refractivity contribution in [1.29, 1.82) is 0 Å². The maximum absolute atomic E-state index is 11.0. The summed E-state index contributed by atoms with van der Waals surface area (Å²) in [5.74, 6) is 1.52. The van der Waals surface area contributed by atoms with Gasteiger partial charge in [-0.25, -0.2) is 3.71 Å². The molecule has 0 saturated carbocycles. The molecule has 0 rings (SSSR count). The summed E-state index contributed by atoms with van der Waals surface area (Å²) in [4.78, 5) is 11.0. The van der Waals surface area contributed by atoms with Crippen molar-refractivity contribution in [2.24, 2.45) is 0 Å². The van der Waals surface area contributed by atoms with Crippen LogP contribution in [0.3, 0.4) is 0 Å². The highest BCUT2D eigenvalue weighted by Crippen LogP contribution is 2.20. The van der Waals surface area contributed by atoms with E-state index in [9.17, 15) is 4.79 Å². The summed E-state index contributed by atoms with van der Waals surface area (Å²) >= 11 is 7.31. The Kier molecular flexibility index (Phi) is 7.10. The molecule has 0 fully saturated rings. The average Bonchev–Trinajstić information content (AvgIpc) is 2.03. The van der Waals surface area contributed by atoms with Gasteiger partial charge in [0.25, 0.3) is 5.91 Å². The van der Waals surface area contributed by atoms with Crippen LogP contribution in [-0.2, 0) is 4.79 Å². The second-order valence-electron chi connectivity index (χ2n) is 1.50. The molecular weight excluding hydrogens is 198 g/mol. The molecule has 0 saturated heterocycles. The fraction of sp³-hybridized carbons (Fsp3) is 0.667. The van der Waals surface area contributed by atoms with Gasteiger partial charge >= 0.3 is 0 Å². The summed E-state index contributed by atoms with van der Waals surface area (Å²) in [6.45, 7) is 3.98. The van der Waals surface area contributed by atoms with Crippen LogP contribution in [0, 0.1) is 0 Å². The molecule has 5 heteroatoms. The van der Waals surface area contributed by atoms with Crippen molar-refractivity contribution in [3.05, 3.63) is 0 Å². The van der Waals surface area contributed by atoms with Gasteiger partial charge in [-0.3, -0.25) is 4.79 Å². The van der Waals surface area contributed by atoms with Crippen LogP contribution in [-0.4, -0.2) is 26.5 Å². The minimum absolute atomic E-state index is 0.223. The fourth-order valence-electron chi connectivity index (χ4n) is 0.426. The lowest BCUT2D eigenvalue weighted by atomic mass is 10.8. The maximum Gasteiger partial charge on any atom is 0.286 e. The minimum atomic E-state index is -0.223. The molecule has 1 radical (unpaired) electrons. The van der Waals surface area contributed by atoms with Gasteiger partial charge in [-0.1, -0.05) is 26.1 Å². The first-order valence-corrected chi connectivity index (χ1v) is 5.53. The quantitative estimate of drug-likeness (QED) is 0.508. The zero-order valence-corrected chi connectivity index (χ0v) is 8.94. The third-order valence-electron chi connectivity index (χ3n) is 0.746. The van der Waals surface area contributed by atoms with E-state index < -0.39 is 0 Å². The highest BCUT2D eigenvalue weighted by atomic mass is 32.2. The lowest BCUT2D eigenvalue weighted by Crippen LogP contribution is -2.17. The molecule has 0 aliphatic rings. The predicted octanol–water partition coefficient (Wildman–Crippen LogP) is 2.03. The lowest BCUT2D eigenvalue weighted by Gasteiger charge is -2.14. The van der Waals surface area contributed by atoms with Crippen LogP contribution in [0.1, 0.15) is 13.8 Å². The second-order valence-corrected chi connectivity index (χ2v) is 4.34. The summed E-state index contributed by atoms with van der Waals surface area (Å²) in [7, 11) is 0. The molecule has 0 aliphatic carbocycles. The van der Waals surface area contributed by atoms with E-state index in [0.29, 0.717) is 0 Å². The van der Waals surface area contributed by atoms with Crippen molar-refractivity contribution in [2.45, 2.75) is 13.8 Å². The number of carbonyl (C=O) groups excluding carboxylic acids is 1. The highest BCUT2D eigenvalue weighted by Gasteiger charge is 2.10. The predicted molar refractivity (Wildman–Crippen MR) is 55.7 cm³/mol. The molecule has 2 nitrogen and oxygen atoms in total. The smallest absolute Gasteiger partial charge is 0.266 e. The SMILES string of the molecule is CCSN(SCC)C(=O)[C]=S. The molecule has 0 spiro atoms. The molecule has 0 aromatic rings. The minimum Gasteiger partial charge on any atom is -0.266 e. The van der Waals surface area contributed by atoms with Crippen LogP contribution in [0.25, 0.3) is 0 Å². The molecule has 0 bridgehead atoms. The van der Waals surface area contributed by atoms with E-state index in [1.807, 2.05) is 13.8 Å². The van der Waals surface area contributed by atoms with E-state index in [4.69, 9.17) is 0 Å². The van der Waals surface area contributed by atoms with E-state index in [1.54, 1.807) is 3.71 Å². The van der Waals surface area contributed by atoms with E-state index in [-0.39, 0.29) is 5.91 Å². The summed E-state index contributed by atoms with van der Waals surface area (Å²) < 4.78 is 1.56. The summed E-state index contributed by atoms with van der Waals surface area (Å²) in [5, 5.41) is 2.16. The van der Waals surface area contributed by atoms with Crippen molar-refractivity contribution in [3.8, 4) is 0 Å². The van der Waals surface area contributed by atoms with E-state index in [1.165, 1.54) is 23.9 Å². The number of hydrogen-bond acceptors (Lipinski definition) is 4. The normalized spacial score (nSPS) is 9.27. The zero-order chi connectivity index (χ0) is 8.69. The first kappa shape index (κ1) is 11.3. The molecule has 0 aromatic carbocycles. The Bertz CT molecular complexity index is 134. The van der Waals surface area contributed by atoms with Crippen molar-refractivity contribution in [1.82, 2.24) is 3.71 Å². The van der Waals surface area contributed by atoms with Crippen LogP contribution in [0.4, 0.5) is 0 Å². The molecule has 0 aromatic heterocycles. The number of nitrogens with zero attached hydrogens (tertiary/aromatic N) is 1. The molecule has 11 heavy (non-hydrogen) atoms. The van der Waals surface area contributed by atoms with Crippen molar-refractivity contribution in [2.75, 3.05) is 11.5 Å². The van der Waals surface area contributed by atoms with Gasteiger partial charge in [-0.05, 0) is 23.9 Å². The topological polar surface area (TPSA) is 20.3 Å². The summed E-state index contributed by atoms with van der Waals surface area (Å²) in [6.07, 6.45) is 0. The third kappa shape index (κ3) is 4.66. The second kappa shape index (κ2) is 6.94. The summed E-state index contributed by atoms with van der Waals surface area (Å²) in [6, 6.07) is 0. The van der Waals surface area contributed by atoms with E-state index in [0.717, 1.165) is 11.5 Å². The van der Waals surface area contributed by atoms with Crippen molar-refractivity contribution >= 4 is 47.4 Å². The maximum atomic E-state index is 11.0. The standard InChI is InChI=1S/C6H10NOS3/c1-3-10-7(11-4-2)6(8)5-9/h3-4H2,1-2H3. The number of carbonyl (C=O) groups is 1. The Hall–Kier alpha value is 0.260. The molecule has 0 heterocycles. The van der Waals surface area contributed by atoms with Gasteiger partial charge < -0.3 is 0 Å². The monoisotopic (exact) mass is 208 g/mol. The first-order chi connectivity index (χ1) is 5.26. The lowest BCUT2D eigenvalue weighted by molar-refractivity contribution is -0.115. The highest BCUT2D eigenvalue weighted by molar-refractivity contribution is 8.12. The molecule has 0 unspecified atom stereocenters. The molecule has 0 aliphatic heterocycles. The average molecular weight is 208 g/mol. The van der Waals surface area contributed by atoms with Gasteiger partial charge in [0.05, 0.1) is 0 Å². The van der Waals surface area contributed by atoms with Gasteiger partial charge in [0.1, 0.15) is 5.37 Å². The summed E-state index contributed by atoms with van der Waals surface area (Å²) in [5.41, 5.74) is 0. The van der Waals surface area contributed by atoms with Crippen LogP contribution in [0.2, 0.25) is 0 Å². The molecular formula is C6H10NOS3. The fourth-order valence-corrected chi connectivity index (χ4v) is 2.36. The number of hydrogen-bond donors (Lipinski definition) is 0. The Balaban J connectivity index is 3.86. The van der Waals surface area contributed by atoms with E-state index >= 15 is 0 Å². The van der Waals surface area contributed by atoms with Gasteiger partial charge in [0.15, 0.2) is 0 Å². The number of rotatable bonds is 5. The Morgan fingerprint density at radius 3 is 2.18 bits per heavy atom. The largest absolute Gasteiger partial charge is 0.286 e. The van der Waals surface area contributed by atoms with E-state index in [2.05, 4.69) is 17.6 Å². The van der Waals surface area contributed by atoms with Crippen molar-refractivity contribution < 1.29 is 4.79 Å². The molecule has 0 N–H and O–H groups in total. The van der Waals surface area contributed by atoms with Gasteiger partial charge in [0, 0.05) is 11.5 Å². The van der Waals surface area contributed by atoms with Crippen molar-refractivity contribution in [3.63, 3.8) is 0 Å².